The lowest BCUT2D eigenvalue weighted by Crippen LogP contribution is -2.49. The Bertz CT molecular complexity index is 352. The van der Waals surface area contributed by atoms with Crippen molar-refractivity contribution in [3.05, 3.63) is 0 Å². The summed E-state index contributed by atoms with van der Waals surface area (Å²) in [6, 6.07) is -0.00410. The normalized spacial score (nSPS) is 21.3. The first-order valence-electron chi connectivity index (χ1n) is 4.83. The molecule has 0 saturated heterocycles. The number of nitrogens with zero attached hydrogens (tertiary/aromatic N) is 2. The predicted molar refractivity (Wildman–Crippen MR) is 48.6 cm³/mol. The molecule has 6 nitrogen and oxygen atoms in total. The van der Waals surface area contributed by atoms with Crippen LogP contribution in [0.25, 0.3) is 0 Å². The van der Waals surface area contributed by atoms with Gasteiger partial charge in [-0.05, 0) is 25.7 Å². The van der Waals surface area contributed by atoms with E-state index in [1.165, 1.54) is 0 Å². The summed E-state index contributed by atoms with van der Waals surface area (Å²) in [5.74, 6) is -0.394. The smallest absolute Gasteiger partial charge is 0.405 e. The Morgan fingerprint density at radius 1 is 1.47 bits per heavy atom. The van der Waals surface area contributed by atoms with Crippen molar-refractivity contribution in [1.29, 1.82) is 5.26 Å². The van der Waals surface area contributed by atoms with Crippen LogP contribution in [0, 0.1) is 11.5 Å². The fraction of sp³-hybridized carbons (Fsp3) is 0.667. The number of nitriles is 1. The van der Waals surface area contributed by atoms with E-state index in [-0.39, 0.29) is 6.04 Å². The van der Waals surface area contributed by atoms with Crippen LogP contribution in [-0.4, -0.2) is 33.6 Å². The highest BCUT2D eigenvalue weighted by molar-refractivity contribution is 5.93. The van der Waals surface area contributed by atoms with Crippen LogP contribution in [0.2, 0.25) is 0 Å². The van der Waals surface area contributed by atoms with Gasteiger partial charge in [0.25, 0.3) is 5.91 Å². The molecule has 0 aromatic heterocycles. The van der Waals surface area contributed by atoms with Crippen LogP contribution in [0.15, 0.2) is 0 Å². The molecule has 2 amide bonds. The Labute approximate surface area is 86.5 Å². The number of carbonyl (C=O) groups excluding carboxylic acids is 1. The van der Waals surface area contributed by atoms with Gasteiger partial charge in [0.1, 0.15) is 5.54 Å². The Hall–Kier alpha value is -1.77. The zero-order chi connectivity index (χ0) is 11.1. The molecule has 0 spiro atoms. The molecule has 80 valence electrons. The fourth-order valence-corrected chi connectivity index (χ4v) is 1.58. The van der Waals surface area contributed by atoms with Gasteiger partial charge >= 0.3 is 6.09 Å². The van der Waals surface area contributed by atoms with Crippen molar-refractivity contribution < 1.29 is 14.7 Å². The molecular weight excluding hydrogens is 198 g/mol. The molecule has 6 heteroatoms. The van der Waals surface area contributed by atoms with Gasteiger partial charge in [-0.2, -0.15) is 5.26 Å². The molecule has 15 heavy (non-hydrogen) atoms. The summed E-state index contributed by atoms with van der Waals surface area (Å²) in [6.45, 7) is 0. The minimum Gasteiger partial charge on any atom is -0.465 e. The second-order valence-electron chi connectivity index (χ2n) is 4.02. The van der Waals surface area contributed by atoms with Crippen molar-refractivity contribution in [2.45, 2.75) is 37.3 Å². The first kappa shape index (κ1) is 9.77. The van der Waals surface area contributed by atoms with Crippen LogP contribution >= 0.6 is 0 Å². The van der Waals surface area contributed by atoms with Crippen molar-refractivity contribution >= 4 is 12.0 Å². The van der Waals surface area contributed by atoms with Crippen molar-refractivity contribution in [2.24, 2.45) is 0 Å². The van der Waals surface area contributed by atoms with Gasteiger partial charge in [0.2, 0.25) is 0 Å². The van der Waals surface area contributed by atoms with E-state index in [9.17, 15) is 9.59 Å². The van der Waals surface area contributed by atoms with Crippen LogP contribution in [0.3, 0.4) is 0 Å². The Kier molecular flexibility index (Phi) is 2.03. The highest BCUT2D eigenvalue weighted by Crippen LogP contribution is 2.39. The number of carboxylic acid groups (broad SMARTS) is 1. The summed E-state index contributed by atoms with van der Waals surface area (Å²) in [5, 5.41) is 19.6. The zero-order valence-corrected chi connectivity index (χ0v) is 8.06. The molecule has 0 unspecified atom stereocenters. The lowest BCUT2D eigenvalue weighted by atomic mass is 10.2. The summed E-state index contributed by atoms with van der Waals surface area (Å²) in [7, 11) is 0. The molecule has 0 aliphatic heterocycles. The predicted octanol–water partition coefficient (Wildman–Crippen LogP) is 0.259. The monoisotopic (exact) mass is 209 g/mol. The van der Waals surface area contributed by atoms with Gasteiger partial charge < -0.3 is 10.4 Å². The van der Waals surface area contributed by atoms with Gasteiger partial charge in [0, 0.05) is 6.04 Å². The van der Waals surface area contributed by atoms with Crippen LogP contribution < -0.4 is 5.32 Å². The van der Waals surface area contributed by atoms with Gasteiger partial charge in [-0.25, -0.2) is 9.69 Å². The van der Waals surface area contributed by atoms with Gasteiger partial charge in [0.05, 0.1) is 0 Å². The number of amides is 2. The third-order valence-electron chi connectivity index (χ3n) is 2.74. The van der Waals surface area contributed by atoms with Crippen LogP contribution in [0.4, 0.5) is 4.79 Å². The third kappa shape index (κ3) is 1.73. The zero-order valence-electron chi connectivity index (χ0n) is 8.06. The highest BCUT2D eigenvalue weighted by atomic mass is 16.4. The van der Waals surface area contributed by atoms with E-state index in [1.54, 1.807) is 0 Å². The number of nitrogens with one attached hydrogen (secondary N) is 1. The van der Waals surface area contributed by atoms with E-state index in [2.05, 4.69) is 5.32 Å². The molecular formula is C9H11N3O3. The van der Waals surface area contributed by atoms with E-state index in [0.717, 1.165) is 17.7 Å². The van der Waals surface area contributed by atoms with E-state index >= 15 is 0 Å². The number of hydrogen-bond donors (Lipinski definition) is 2. The summed E-state index contributed by atoms with van der Waals surface area (Å²) in [5.41, 5.74) is -1.01. The molecule has 0 radical (unpaired) electrons. The van der Waals surface area contributed by atoms with Gasteiger partial charge in [-0.1, -0.05) is 0 Å². The maximum atomic E-state index is 11.9. The number of rotatable bonds is 3. The van der Waals surface area contributed by atoms with E-state index < -0.39 is 17.5 Å². The molecule has 2 fully saturated rings. The molecule has 2 saturated carbocycles. The molecule has 0 aromatic carbocycles. The molecule has 2 rings (SSSR count). The van der Waals surface area contributed by atoms with Crippen molar-refractivity contribution in [2.75, 3.05) is 0 Å². The van der Waals surface area contributed by atoms with Crippen molar-refractivity contribution in [3.63, 3.8) is 0 Å². The molecule has 0 aromatic rings. The minimum absolute atomic E-state index is 0.00410. The van der Waals surface area contributed by atoms with Crippen LogP contribution in [0.5, 0.6) is 0 Å². The summed E-state index contributed by atoms with van der Waals surface area (Å²) < 4.78 is 0. The van der Waals surface area contributed by atoms with E-state index in [1.807, 2.05) is 6.19 Å². The number of carbonyl (C=O) groups is 2. The first-order chi connectivity index (χ1) is 7.09. The second kappa shape index (κ2) is 3.12. The third-order valence-corrected chi connectivity index (χ3v) is 2.74. The molecule has 2 aliphatic rings. The van der Waals surface area contributed by atoms with Crippen molar-refractivity contribution in [3.8, 4) is 6.19 Å². The lowest BCUT2D eigenvalue weighted by Gasteiger charge is -2.20. The summed E-state index contributed by atoms with van der Waals surface area (Å²) >= 11 is 0. The molecule has 2 aliphatic carbocycles. The maximum Gasteiger partial charge on any atom is 0.405 e. The largest absolute Gasteiger partial charge is 0.465 e. The lowest BCUT2D eigenvalue weighted by molar-refractivity contribution is -0.131. The average Bonchev–Trinajstić information content (AvgIpc) is 2.97. The first-order valence-corrected chi connectivity index (χ1v) is 4.83. The summed E-state index contributed by atoms with van der Waals surface area (Å²) in [6.07, 6.45) is 3.27. The quantitative estimate of drug-likeness (QED) is 0.515. The van der Waals surface area contributed by atoms with E-state index in [4.69, 9.17) is 10.4 Å². The average molecular weight is 209 g/mol. The second-order valence-corrected chi connectivity index (χ2v) is 4.02. The number of hydrogen-bond acceptors (Lipinski definition) is 3. The van der Waals surface area contributed by atoms with Gasteiger partial charge in [-0.3, -0.25) is 4.79 Å². The van der Waals surface area contributed by atoms with Gasteiger partial charge in [-0.15, -0.1) is 0 Å². The SMILES string of the molecule is N#CN(C(=O)C1(NC(=O)O)CC1)C1CC1. The van der Waals surface area contributed by atoms with Crippen LogP contribution in [-0.2, 0) is 4.79 Å². The molecule has 0 heterocycles. The fourth-order valence-electron chi connectivity index (χ4n) is 1.58. The minimum atomic E-state index is -1.21. The Morgan fingerprint density at radius 2 is 2.07 bits per heavy atom. The molecule has 2 N–H and O–H groups in total. The standard InChI is InChI=1S/C9H11N3O3/c10-5-12(6-1-2-6)7(13)9(3-4-9)11-8(14)15/h6,11H,1-4H2,(H,14,15). The highest BCUT2D eigenvalue weighted by Gasteiger charge is 2.55. The maximum absolute atomic E-state index is 11.9. The van der Waals surface area contributed by atoms with Crippen molar-refractivity contribution in [1.82, 2.24) is 10.2 Å². The van der Waals surface area contributed by atoms with E-state index in [0.29, 0.717) is 12.8 Å². The molecule has 0 bridgehead atoms. The summed E-state index contributed by atoms with van der Waals surface area (Å²) in [4.78, 5) is 23.5. The van der Waals surface area contributed by atoms with Crippen LogP contribution in [0.1, 0.15) is 25.7 Å². The van der Waals surface area contributed by atoms with Gasteiger partial charge in [0.15, 0.2) is 6.19 Å². The Morgan fingerprint density at radius 3 is 2.40 bits per heavy atom. The molecule has 0 atom stereocenters. The topological polar surface area (TPSA) is 93.4 Å². The Balaban J connectivity index is 2.06.